The number of thioether (sulfide) groups is 1. The van der Waals surface area contributed by atoms with Crippen LogP contribution in [-0.4, -0.2) is 44.1 Å². The van der Waals surface area contributed by atoms with Crippen LogP contribution in [-0.2, 0) is 6.54 Å². The first-order chi connectivity index (χ1) is 11.1. The molecule has 4 nitrogen and oxygen atoms in total. The van der Waals surface area contributed by atoms with Gasteiger partial charge in [0, 0.05) is 37.6 Å². The molecule has 136 valence electrons. The Balaban J connectivity index is 0.00000288. The SMILES string of the molecule is CCNC(=NCc1ccc(N(C)C)cc1)NC1CCC(SC)C1.I. The quantitative estimate of drug-likeness (QED) is 0.384. The molecule has 1 aliphatic rings. The van der Waals surface area contributed by atoms with Gasteiger partial charge < -0.3 is 15.5 Å². The third-order valence-corrected chi connectivity index (χ3v) is 5.37. The van der Waals surface area contributed by atoms with Crippen LogP contribution < -0.4 is 15.5 Å². The number of benzene rings is 1. The van der Waals surface area contributed by atoms with Crippen molar-refractivity contribution < 1.29 is 0 Å². The van der Waals surface area contributed by atoms with Crippen molar-refractivity contribution in [1.82, 2.24) is 10.6 Å². The highest BCUT2D eigenvalue weighted by molar-refractivity contribution is 14.0. The minimum absolute atomic E-state index is 0. The predicted molar refractivity (Wildman–Crippen MR) is 119 cm³/mol. The minimum atomic E-state index is 0. The molecule has 1 aromatic carbocycles. The van der Waals surface area contributed by atoms with E-state index in [1.165, 1.54) is 30.5 Å². The molecule has 0 amide bonds. The van der Waals surface area contributed by atoms with Crippen molar-refractivity contribution in [3.63, 3.8) is 0 Å². The van der Waals surface area contributed by atoms with Gasteiger partial charge in [0.2, 0.25) is 0 Å². The van der Waals surface area contributed by atoms with Crippen LogP contribution in [0.1, 0.15) is 31.7 Å². The topological polar surface area (TPSA) is 39.7 Å². The number of anilines is 1. The lowest BCUT2D eigenvalue weighted by Gasteiger charge is -2.17. The predicted octanol–water partition coefficient (Wildman–Crippen LogP) is 3.71. The van der Waals surface area contributed by atoms with Crippen LogP contribution in [0.2, 0.25) is 0 Å². The van der Waals surface area contributed by atoms with E-state index in [-0.39, 0.29) is 24.0 Å². The van der Waals surface area contributed by atoms with Gasteiger partial charge >= 0.3 is 0 Å². The number of aliphatic imine (C=N–C) groups is 1. The summed E-state index contributed by atoms with van der Waals surface area (Å²) in [6.07, 6.45) is 6.00. The Kier molecular flexibility index (Phi) is 9.88. The van der Waals surface area contributed by atoms with Crippen LogP contribution >= 0.6 is 35.7 Å². The number of hydrogen-bond acceptors (Lipinski definition) is 3. The maximum absolute atomic E-state index is 4.75. The highest BCUT2D eigenvalue weighted by atomic mass is 127. The van der Waals surface area contributed by atoms with Gasteiger partial charge in [-0.05, 0) is 50.1 Å². The Morgan fingerprint density at radius 1 is 1.25 bits per heavy atom. The zero-order valence-corrected chi connectivity index (χ0v) is 18.4. The van der Waals surface area contributed by atoms with Gasteiger partial charge in [0.15, 0.2) is 5.96 Å². The number of nitrogens with zero attached hydrogens (tertiary/aromatic N) is 2. The second kappa shape index (κ2) is 11.1. The van der Waals surface area contributed by atoms with Gasteiger partial charge in [0.05, 0.1) is 6.54 Å². The number of rotatable bonds is 6. The summed E-state index contributed by atoms with van der Waals surface area (Å²) in [6.45, 7) is 3.72. The summed E-state index contributed by atoms with van der Waals surface area (Å²) in [5.74, 6) is 0.941. The molecule has 0 radical (unpaired) electrons. The maximum Gasteiger partial charge on any atom is 0.191 e. The first-order valence-electron chi connectivity index (χ1n) is 8.46. The van der Waals surface area contributed by atoms with Gasteiger partial charge in [-0.3, -0.25) is 0 Å². The third-order valence-electron chi connectivity index (χ3n) is 4.28. The molecule has 1 saturated carbocycles. The fraction of sp³-hybridized carbons (Fsp3) is 0.611. The molecule has 1 aliphatic carbocycles. The summed E-state index contributed by atoms with van der Waals surface area (Å²) in [5.41, 5.74) is 2.46. The Morgan fingerprint density at radius 3 is 2.50 bits per heavy atom. The lowest BCUT2D eigenvalue weighted by molar-refractivity contribution is 0.615. The molecule has 0 aliphatic heterocycles. The molecule has 2 rings (SSSR count). The second-order valence-corrected chi connectivity index (χ2v) is 7.41. The van der Waals surface area contributed by atoms with Crippen LogP contribution in [0.15, 0.2) is 29.3 Å². The van der Waals surface area contributed by atoms with Gasteiger partial charge in [-0.15, -0.1) is 24.0 Å². The number of guanidine groups is 1. The highest BCUT2D eigenvalue weighted by Gasteiger charge is 2.24. The Bertz CT molecular complexity index is 504. The van der Waals surface area contributed by atoms with Crippen molar-refractivity contribution in [2.45, 2.75) is 44.0 Å². The first-order valence-corrected chi connectivity index (χ1v) is 9.75. The van der Waals surface area contributed by atoms with Crippen LogP contribution in [0.25, 0.3) is 0 Å². The molecule has 24 heavy (non-hydrogen) atoms. The first kappa shape index (κ1) is 21.4. The number of halogens is 1. The van der Waals surface area contributed by atoms with E-state index < -0.39 is 0 Å². The smallest absolute Gasteiger partial charge is 0.191 e. The van der Waals surface area contributed by atoms with Crippen molar-refractivity contribution in [3.8, 4) is 0 Å². The van der Waals surface area contributed by atoms with Crippen LogP contribution in [0.3, 0.4) is 0 Å². The van der Waals surface area contributed by atoms with Crippen molar-refractivity contribution in [1.29, 1.82) is 0 Å². The van der Waals surface area contributed by atoms with E-state index in [1.807, 2.05) is 11.8 Å². The van der Waals surface area contributed by atoms with Gasteiger partial charge in [0.1, 0.15) is 0 Å². The zero-order chi connectivity index (χ0) is 16.7. The molecule has 0 spiro atoms. The van der Waals surface area contributed by atoms with Crippen molar-refractivity contribution in [3.05, 3.63) is 29.8 Å². The summed E-state index contributed by atoms with van der Waals surface area (Å²) >= 11 is 1.99. The molecule has 0 saturated heterocycles. The summed E-state index contributed by atoms with van der Waals surface area (Å²) in [4.78, 5) is 6.86. The second-order valence-electron chi connectivity index (χ2n) is 6.27. The van der Waals surface area contributed by atoms with Crippen molar-refractivity contribution >= 4 is 47.4 Å². The van der Waals surface area contributed by atoms with E-state index in [0.717, 1.165) is 17.8 Å². The molecule has 0 heterocycles. The minimum Gasteiger partial charge on any atom is -0.378 e. The average Bonchev–Trinajstić information content (AvgIpc) is 3.01. The van der Waals surface area contributed by atoms with Crippen LogP contribution in [0, 0.1) is 0 Å². The fourth-order valence-corrected chi connectivity index (χ4v) is 3.67. The monoisotopic (exact) mass is 462 g/mol. The maximum atomic E-state index is 4.75. The standard InChI is InChI=1S/C18H30N4S.HI/c1-5-19-18(21-15-8-11-17(12-15)23-4)20-13-14-6-9-16(10-7-14)22(2)3;/h6-7,9-10,15,17H,5,8,11-13H2,1-4H3,(H2,19,20,21);1H. The highest BCUT2D eigenvalue weighted by Crippen LogP contribution is 2.28. The summed E-state index contributed by atoms with van der Waals surface area (Å²) < 4.78 is 0. The normalized spacial score (nSPS) is 20.4. The van der Waals surface area contributed by atoms with Gasteiger partial charge in [-0.2, -0.15) is 11.8 Å². The molecule has 2 N–H and O–H groups in total. The van der Waals surface area contributed by atoms with Crippen LogP contribution in [0.4, 0.5) is 5.69 Å². The third kappa shape index (κ3) is 6.70. The lowest BCUT2D eigenvalue weighted by atomic mass is 10.2. The van der Waals surface area contributed by atoms with E-state index in [4.69, 9.17) is 4.99 Å². The average molecular weight is 462 g/mol. The Morgan fingerprint density at radius 2 is 1.96 bits per heavy atom. The van der Waals surface area contributed by atoms with E-state index in [0.29, 0.717) is 12.6 Å². The van der Waals surface area contributed by atoms with E-state index in [1.54, 1.807) is 0 Å². The van der Waals surface area contributed by atoms with Gasteiger partial charge in [-0.25, -0.2) is 4.99 Å². The van der Waals surface area contributed by atoms with Crippen LogP contribution in [0.5, 0.6) is 0 Å². The molecule has 2 unspecified atom stereocenters. The molecule has 0 bridgehead atoms. The Labute approximate surface area is 168 Å². The van der Waals surface area contributed by atoms with E-state index >= 15 is 0 Å². The summed E-state index contributed by atoms with van der Waals surface area (Å²) in [7, 11) is 4.12. The molecule has 1 fully saturated rings. The number of nitrogens with one attached hydrogen (secondary N) is 2. The lowest BCUT2D eigenvalue weighted by Crippen LogP contribution is -2.42. The molecule has 0 aromatic heterocycles. The zero-order valence-electron chi connectivity index (χ0n) is 15.2. The van der Waals surface area contributed by atoms with Gasteiger partial charge in [-0.1, -0.05) is 12.1 Å². The molecule has 1 aromatic rings. The molecule has 6 heteroatoms. The molecule has 2 atom stereocenters. The Hall–Kier alpha value is -0.630. The fourth-order valence-electron chi connectivity index (χ4n) is 2.87. The van der Waals surface area contributed by atoms with E-state index in [2.05, 4.69) is 67.1 Å². The molecular weight excluding hydrogens is 431 g/mol. The summed E-state index contributed by atoms with van der Waals surface area (Å²) in [6, 6.07) is 9.15. The van der Waals surface area contributed by atoms with Gasteiger partial charge in [0.25, 0.3) is 0 Å². The molecular formula is C18H31IN4S. The van der Waals surface area contributed by atoms with Crippen molar-refractivity contribution in [2.24, 2.45) is 4.99 Å². The largest absolute Gasteiger partial charge is 0.378 e. The summed E-state index contributed by atoms with van der Waals surface area (Å²) in [5, 5.41) is 7.76. The number of hydrogen-bond donors (Lipinski definition) is 2. The van der Waals surface area contributed by atoms with Crippen molar-refractivity contribution in [2.75, 3.05) is 31.8 Å². The van der Waals surface area contributed by atoms with E-state index in [9.17, 15) is 0 Å².